The maximum Gasteiger partial charge on any atom is 0.0939 e. The standard InChI is InChI=1S/C12H16N2OS/c1-12(13,8-15)7-6-11-14-9-4-2-3-5-10(9)16-11/h2-5,15H,6-8,13H2,1H3. The van der Waals surface area contributed by atoms with Crippen molar-refractivity contribution in [1.82, 2.24) is 4.98 Å². The first kappa shape index (κ1) is 11.5. The molecule has 0 aliphatic heterocycles. The van der Waals surface area contributed by atoms with E-state index >= 15 is 0 Å². The minimum absolute atomic E-state index is 0.0118. The van der Waals surface area contributed by atoms with E-state index in [4.69, 9.17) is 10.8 Å². The first-order chi connectivity index (χ1) is 7.61. The third kappa shape index (κ3) is 2.58. The van der Waals surface area contributed by atoms with Crippen LogP contribution in [0.1, 0.15) is 18.4 Å². The van der Waals surface area contributed by atoms with Gasteiger partial charge in [-0.3, -0.25) is 0 Å². The molecule has 0 saturated carbocycles. The third-order valence-corrected chi connectivity index (χ3v) is 3.71. The molecule has 0 fully saturated rings. The topological polar surface area (TPSA) is 59.1 Å². The highest BCUT2D eigenvalue weighted by molar-refractivity contribution is 7.18. The second kappa shape index (κ2) is 4.49. The molecule has 0 bridgehead atoms. The molecule has 1 aromatic heterocycles. The Bertz CT molecular complexity index is 446. The molecule has 1 atom stereocenters. The molecule has 2 rings (SSSR count). The molecule has 0 aliphatic carbocycles. The molecule has 2 aromatic rings. The van der Waals surface area contributed by atoms with Gasteiger partial charge in [0.1, 0.15) is 0 Å². The number of thiazole rings is 1. The van der Waals surface area contributed by atoms with Crippen LogP contribution in [0.3, 0.4) is 0 Å². The number of aryl methyl sites for hydroxylation is 1. The lowest BCUT2D eigenvalue weighted by Gasteiger charge is -2.20. The number of fused-ring (bicyclic) bond motifs is 1. The van der Waals surface area contributed by atoms with Gasteiger partial charge in [-0.1, -0.05) is 12.1 Å². The lowest BCUT2D eigenvalue weighted by atomic mass is 9.99. The Balaban J connectivity index is 2.10. The zero-order chi connectivity index (χ0) is 11.6. The first-order valence-electron chi connectivity index (χ1n) is 5.35. The van der Waals surface area contributed by atoms with E-state index in [0.29, 0.717) is 0 Å². The molecule has 0 saturated heterocycles. The van der Waals surface area contributed by atoms with E-state index in [1.165, 1.54) is 4.70 Å². The molecule has 0 aliphatic rings. The van der Waals surface area contributed by atoms with Gasteiger partial charge < -0.3 is 10.8 Å². The van der Waals surface area contributed by atoms with E-state index < -0.39 is 5.54 Å². The Morgan fingerprint density at radius 2 is 2.19 bits per heavy atom. The van der Waals surface area contributed by atoms with Crippen molar-refractivity contribution in [3.05, 3.63) is 29.3 Å². The molecular formula is C12H16N2OS. The highest BCUT2D eigenvalue weighted by atomic mass is 32.1. The van der Waals surface area contributed by atoms with Crippen molar-refractivity contribution < 1.29 is 5.11 Å². The van der Waals surface area contributed by atoms with E-state index in [-0.39, 0.29) is 6.61 Å². The van der Waals surface area contributed by atoms with Crippen LogP contribution in [0, 0.1) is 0 Å². The monoisotopic (exact) mass is 236 g/mol. The number of benzene rings is 1. The number of para-hydroxylation sites is 1. The van der Waals surface area contributed by atoms with Crippen LogP contribution < -0.4 is 5.73 Å². The Morgan fingerprint density at radius 3 is 2.88 bits per heavy atom. The lowest BCUT2D eigenvalue weighted by Crippen LogP contribution is -2.40. The van der Waals surface area contributed by atoms with Crippen molar-refractivity contribution in [2.75, 3.05) is 6.61 Å². The number of aliphatic hydroxyl groups is 1. The molecule has 3 N–H and O–H groups in total. The van der Waals surface area contributed by atoms with Gasteiger partial charge in [0.2, 0.25) is 0 Å². The van der Waals surface area contributed by atoms with E-state index in [1.54, 1.807) is 11.3 Å². The predicted octanol–water partition coefficient (Wildman–Crippen LogP) is 1.94. The molecule has 3 nitrogen and oxygen atoms in total. The number of hydrogen-bond acceptors (Lipinski definition) is 4. The van der Waals surface area contributed by atoms with Crippen molar-refractivity contribution >= 4 is 21.6 Å². The second-order valence-electron chi connectivity index (χ2n) is 4.39. The van der Waals surface area contributed by atoms with E-state index in [9.17, 15) is 0 Å². The maximum absolute atomic E-state index is 9.07. The summed E-state index contributed by atoms with van der Waals surface area (Å²) in [5.74, 6) is 0. The van der Waals surface area contributed by atoms with Gasteiger partial charge in [0.25, 0.3) is 0 Å². The van der Waals surface area contributed by atoms with Crippen LogP contribution in [-0.2, 0) is 6.42 Å². The maximum atomic E-state index is 9.07. The molecule has 1 heterocycles. The highest BCUT2D eigenvalue weighted by Gasteiger charge is 2.17. The fraction of sp³-hybridized carbons (Fsp3) is 0.417. The Hall–Kier alpha value is -0.970. The molecule has 0 radical (unpaired) electrons. The molecular weight excluding hydrogens is 220 g/mol. The van der Waals surface area contributed by atoms with Gasteiger partial charge in [-0.2, -0.15) is 0 Å². The number of hydrogen-bond donors (Lipinski definition) is 2. The average Bonchev–Trinajstić information content (AvgIpc) is 2.69. The van der Waals surface area contributed by atoms with E-state index in [2.05, 4.69) is 11.1 Å². The third-order valence-electron chi connectivity index (χ3n) is 2.61. The summed E-state index contributed by atoms with van der Waals surface area (Å²) in [7, 11) is 0. The summed E-state index contributed by atoms with van der Waals surface area (Å²) in [6, 6.07) is 8.10. The van der Waals surface area contributed by atoms with Gasteiger partial charge >= 0.3 is 0 Å². The lowest BCUT2D eigenvalue weighted by molar-refractivity contribution is 0.200. The quantitative estimate of drug-likeness (QED) is 0.853. The van der Waals surface area contributed by atoms with Gasteiger partial charge in [0.05, 0.1) is 21.8 Å². The summed E-state index contributed by atoms with van der Waals surface area (Å²) in [6.45, 7) is 1.87. The number of nitrogens with zero attached hydrogens (tertiary/aromatic N) is 1. The van der Waals surface area contributed by atoms with Crippen LogP contribution in [0.25, 0.3) is 10.2 Å². The number of nitrogens with two attached hydrogens (primary N) is 1. The van der Waals surface area contributed by atoms with Crippen molar-refractivity contribution in [1.29, 1.82) is 0 Å². The van der Waals surface area contributed by atoms with Crippen molar-refractivity contribution in [3.63, 3.8) is 0 Å². The van der Waals surface area contributed by atoms with Gasteiger partial charge in [-0.25, -0.2) is 4.98 Å². The molecule has 0 amide bonds. The Labute approximate surface area is 98.9 Å². The molecule has 4 heteroatoms. The molecule has 1 unspecified atom stereocenters. The van der Waals surface area contributed by atoms with Crippen LogP contribution in [0.5, 0.6) is 0 Å². The average molecular weight is 236 g/mol. The first-order valence-corrected chi connectivity index (χ1v) is 6.16. The SMILES string of the molecule is CC(N)(CO)CCc1nc2ccccc2s1. The number of rotatable bonds is 4. The van der Waals surface area contributed by atoms with Crippen molar-refractivity contribution in [2.24, 2.45) is 5.73 Å². The molecule has 1 aromatic carbocycles. The molecule has 86 valence electrons. The second-order valence-corrected chi connectivity index (χ2v) is 5.50. The van der Waals surface area contributed by atoms with Crippen molar-refractivity contribution in [2.45, 2.75) is 25.3 Å². The number of aromatic nitrogens is 1. The smallest absolute Gasteiger partial charge is 0.0939 e. The van der Waals surface area contributed by atoms with Gasteiger partial charge in [0, 0.05) is 12.0 Å². The van der Waals surface area contributed by atoms with Crippen LogP contribution in [-0.4, -0.2) is 22.2 Å². The Morgan fingerprint density at radius 1 is 1.44 bits per heavy atom. The summed E-state index contributed by atoms with van der Waals surface area (Å²) in [5, 5.41) is 10.2. The predicted molar refractivity (Wildman–Crippen MR) is 67.6 cm³/mol. The minimum Gasteiger partial charge on any atom is -0.394 e. The molecule has 0 spiro atoms. The van der Waals surface area contributed by atoms with Crippen molar-refractivity contribution in [3.8, 4) is 0 Å². The van der Waals surface area contributed by atoms with Crippen LogP contribution in [0.2, 0.25) is 0 Å². The van der Waals surface area contributed by atoms with E-state index in [0.717, 1.165) is 23.4 Å². The van der Waals surface area contributed by atoms with Crippen LogP contribution in [0.4, 0.5) is 0 Å². The summed E-state index contributed by atoms with van der Waals surface area (Å²) >= 11 is 1.70. The zero-order valence-corrected chi connectivity index (χ0v) is 10.1. The van der Waals surface area contributed by atoms with E-state index in [1.807, 2.05) is 25.1 Å². The van der Waals surface area contributed by atoms with Gasteiger partial charge in [-0.15, -0.1) is 11.3 Å². The van der Waals surface area contributed by atoms with Crippen LogP contribution in [0.15, 0.2) is 24.3 Å². The van der Waals surface area contributed by atoms with Gasteiger partial charge in [0.15, 0.2) is 0 Å². The summed E-state index contributed by atoms with van der Waals surface area (Å²) in [5.41, 5.74) is 6.43. The minimum atomic E-state index is -0.502. The Kier molecular flexibility index (Phi) is 3.23. The molecule has 16 heavy (non-hydrogen) atoms. The largest absolute Gasteiger partial charge is 0.394 e. The summed E-state index contributed by atoms with van der Waals surface area (Å²) < 4.78 is 1.21. The van der Waals surface area contributed by atoms with Gasteiger partial charge in [-0.05, 0) is 25.5 Å². The fourth-order valence-corrected chi connectivity index (χ4v) is 2.47. The number of aliphatic hydroxyl groups excluding tert-OH is 1. The summed E-state index contributed by atoms with van der Waals surface area (Å²) in [4.78, 5) is 4.53. The normalized spacial score (nSPS) is 15.2. The fourth-order valence-electron chi connectivity index (χ4n) is 1.50. The summed E-state index contributed by atoms with van der Waals surface area (Å²) in [6.07, 6.45) is 1.58. The zero-order valence-electron chi connectivity index (χ0n) is 9.31. The van der Waals surface area contributed by atoms with Crippen LogP contribution >= 0.6 is 11.3 Å². The highest BCUT2D eigenvalue weighted by Crippen LogP contribution is 2.23.